The van der Waals surface area contributed by atoms with E-state index >= 15 is 0 Å². The highest BCUT2D eigenvalue weighted by Gasteiger charge is 2.62. The summed E-state index contributed by atoms with van der Waals surface area (Å²) in [5, 5.41) is 0. The van der Waals surface area contributed by atoms with Crippen molar-refractivity contribution in [2.45, 2.75) is 31.3 Å². The van der Waals surface area contributed by atoms with Crippen molar-refractivity contribution in [1.29, 1.82) is 0 Å². The number of ketones is 1. The summed E-state index contributed by atoms with van der Waals surface area (Å²) >= 11 is 0. The minimum Gasteiger partial charge on any atom is -0.497 e. The maximum atomic E-state index is 13.2. The van der Waals surface area contributed by atoms with E-state index in [0.717, 1.165) is 25.8 Å². The molecule has 3 fully saturated rings. The normalized spacial score (nSPS) is 31.8. The van der Waals surface area contributed by atoms with Gasteiger partial charge in [-0.3, -0.25) is 24.2 Å². The monoisotopic (exact) mass is 342 g/mol. The van der Waals surface area contributed by atoms with E-state index in [9.17, 15) is 14.4 Å². The Kier molecular flexibility index (Phi) is 3.87. The molecule has 1 aromatic carbocycles. The summed E-state index contributed by atoms with van der Waals surface area (Å²) < 4.78 is 5.15. The van der Waals surface area contributed by atoms with Gasteiger partial charge in [-0.2, -0.15) is 0 Å². The van der Waals surface area contributed by atoms with E-state index in [4.69, 9.17) is 4.74 Å². The molecule has 3 saturated heterocycles. The Morgan fingerprint density at radius 3 is 2.44 bits per heavy atom. The van der Waals surface area contributed by atoms with Gasteiger partial charge in [-0.1, -0.05) is 6.42 Å². The fraction of sp³-hybridized carbons (Fsp3) is 0.526. The summed E-state index contributed by atoms with van der Waals surface area (Å²) in [5.74, 6) is -0.643. The number of piperidine rings is 1. The van der Waals surface area contributed by atoms with Crippen molar-refractivity contribution < 1.29 is 19.1 Å². The zero-order valence-electron chi connectivity index (χ0n) is 14.5. The first-order chi connectivity index (χ1) is 12.0. The summed E-state index contributed by atoms with van der Waals surface area (Å²) in [4.78, 5) is 41.9. The molecule has 3 heterocycles. The number of imide groups is 1. The first-order valence-electron chi connectivity index (χ1n) is 8.80. The van der Waals surface area contributed by atoms with E-state index in [1.807, 2.05) is 0 Å². The highest BCUT2D eigenvalue weighted by molar-refractivity contribution is 6.11. The summed E-state index contributed by atoms with van der Waals surface area (Å²) in [6.07, 6.45) is 2.92. The fourth-order valence-corrected chi connectivity index (χ4v) is 4.76. The highest BCUT2D eigenvalue weighted by Crippen LogP contribution is 2.46. The molecule has 3 aliphatic rings. The number of carbonyl (C=O) groups is 3. The second-order valence-corrected chi connectivity index (χ2v) is 7.13. The number of carbonyl (C=O) groups excluding carboxylic acids is 3. The van der Waals surface area contributed by atoms with Gasteiger partial charge in [0.25, 0.3) is 0 Å². The van der Waals surface area contributed by atoms with Crippen molar-refractivity contribution in [3.63, 3.8) is 0 Å². The number of nitrogens with zero attached hydrogens (tertiary/aromatic N) is 2. The predicted molar refractivity (Wildman–Crippen MR) is 90.2 cm³/mol. The van der Waals surface area contributed by atoms with Crippen LogP contribution < -0.4 is 4.74 Å². The average Bonchev–Trinajstić information content (AvgIpc) is 3.10. The highest BCUT2D eigenvalue weighted by atomic mass is 16.5. The van der Waals surface area contributed by atoms with E-state index < -0.39 is 12.0 Å². The van der Waals surface area contributed by atoms with Gasteiger partial charge in [0.05, 0.1) is 25.0 Å². The number of rotatable bonds is 3. The lowest BCUT2D eigenvalue weighted by molar-refractivity contribution is -0.140. The van der Waals surface area contributed by atoms with Crippen LogP contribution >= 0.6 is 0 Å². The van der Waals surface area contributed by atoms with Crippen molar-refractivity contribution in [2.75, 3.05) is 20.7 Å². The Hall–Kier alpha value is -2.21. The number of Topliss-reactive ketones (excluding diaryl/α,β-unsaturated/α-hetero) is 1. The molecule has 0 bridgehead atoms. The van der Waals surface area contributed by atoms with E-state index in [0.29, 0.717) is 11.3 Å². The molecule has 4 rings (SSSR count). The number of amides is 2. The van der Waals surface area contributed by atoms with Crippen LogP contribution in [0.5, 0.6) is 5.75 Å². The molecule has 4 atom stereocenters. The van der Waals surface area contributed by atoms with Crippen LogP contribution in [0.15, 0.2) is 24.3 Å². The van der Waals surface area contributed by atoms with Crippen molar-refractivity contribution in [2.24, 2.45) is 11.8 Å². The van der Waals surface area contributed by atoms with Gasteiger partial charge >= 0.3 is 0 Å². The number of ether oxygens (including phenoxy) is 1. The van der Waals surface area contributed by atoms with Crippen molar-refractivity contribution in [3.8, 4) is 5.75 Å². The lowest BCUT2D eigenvalue weighted by Gasteiger charge is -2.35. The number of fused-ring (bicyclic) bond motifs is 3. The van der Waals surface area contributed by atoms with Crippen LogP contribution in [0.25, 0.3) is 0 Å². The van der Waals surface area contributed by atoms with E-state index in [1.165, 1.54) is 11.9 Å². The molecule has 2 amide bonds. The van der Waals surface area contributed by atoms with E-state index in [2.05, 4.69) is 4.90 Å². The van der Waals surface area contributed by atoms with Crippen LogP contribution in [0, 0.1) is 11.8 Å². The average molecular weight is 342 g/mol. The largest absolute Gasteiger partial charge is 0.497 e. The summed E-state index contributed by atoms with van der Waals surface area (Å²) in [6.45, 7) is 0.772. The molecule has 0 aliphatic carbocycles. The lowest BCUT2D eigenvalue weighted by Crippen LogP contribution is -2.49. The number of benzene rings is 1. The van der Waals surface area contributed by atoms with Crippen LogP contribution in [-0.4, -0.2) is 60.2 Å². The number of hydrogen-bond acceptors (Lipinski definition) is 5. The van der Waals surface area contributed by atoms with Crippen molar-refractivity contribution in [1.82, 2.24) is 9.80 Å². The zero-order chi connectivity index (χ0) is 17.7. The molecule has 0 saturated carbocycles. The van der Waals surface area contributed by atoms with E-state index in [1.54, 1.807) is 31.4 Å². The Morgan fingerprint density at radius 2 is 1.76 bits per heavy atom. The molecule has 6 heteroatoms. The molecule has 0 radical (unpaired) electrons. The van der Waals surface area contributed by atoms with Gasteiger partial charge in [0.15, 0.2) is 5.78 Å². The molecular formula is C19H22N2O4. The number of hydrogen-bond donors (Lipinski definition) is 0. The van der Waals surface area contributed by atoms with Crippen molar-refractivity contribution in [3.05, 3.63) is 29.8 Å². The third-order valence-electron chi connectivity index (χ3n) is 5.97. The van der Waals surface area contributed by atoms with Crippen LogP contribution in [-0.2, 0) is 9.59 Å². The summed E-state index contributed by atoms with van der Waals surface area (Å²) in [6, 6.07) is 6.44. The first kappa shape index (κ1) is 16.3. The Morgan fingerprint density at radius 1 is 1.08 bits per heavy atom. The molecule has 0 unspecified atom stereocenters. The van der Waals surface area contributed by atoms with Crippen LogP contribution in [0.3, 0.4) is 0 Å². The molecule has 0 spiro atoms. The topological polar surface area (TPSA) is 66.9 Å². The summed E-state index contributed by atoms with van der Waals surface area (Å²) in [5.41, 5.74) is 0.561. The standard InChI is InChI=1S/C19H22N2O4/c1-20-18(23)14-13-5-3-4-10-21(13)16(15(14)19(20)24)17(22)11-6-8-12(25-2)9-7-11/h6-9,13-16H,3-5,10H2,1-2H3/t13-,14+,15+,16+/m1/s1. The molecule has 0 N–H and O–H groups in total. The van der Waals surface area contributed by atoms with Gasteiger partial charge in [-0.25, -0.2) is 0 Å². The molecule has 3 aliphatic heterocycles. The van der Waals surface area contributed by atoms with Crippen LogP contribution in [0.4, 0.5) is 0 Å². The first-order valence-corrected chi connectivity index (χ1v) is 8.80. The molecule has 25 heavy (non-hydrogen) atoms. The minimum atomic E-state index is -0.546. The zero-order valence-corrected chi connectivity index (χ0v) is 14.5. The van der Waals surface area contributed by atoms with Gasteiger partial charge in [-0.15, -0.1) is 0 Å². The van der Waals surface area contributed by atoms with Crippen molar-refractivity contribution >= 4 is 17.6 Å². The lowest BCUT2D eigenvalue weighted by atomic mass is 9.85. The maximum Gasteiger partial charge on any atom is 0.234 e. The van der Waals surface area contributed by atoms with Crippen LogP contribution in [0.2, 0.25) is 0 Å². The minimum absolute atomic E-state index is 0.00680. The van der Waals surface area contributed by atoms with Gasteiger partial charge in [0.1, 0.15) is 5.75 Å². The maximum absolute atomic E-state index is 13.2. The van der Waals surface area contributed by atoms with Crippen LogP contribution in [0.1, 0.15) is 29.6 Å². The second kappa shape index (κ2) is 5.95. The number of likely N-dealkylation sites (tertiary alicyclic amines) is 1. The summed E-state index contributed by atoms with van der Waals surface area (Å²) in [7, 11) is 3.11. The predicted octanol–water partition coefficient (Wildman–Crippen LogP) is 1.35. The quantitative estimate of drug-likeness (QED) is 0.613. The third-order valence-corrected chi connectivity index (χ3v) is 5.97. The molecular weight excluding hydrogens is 320 g/mol. The Labute approximate surface area is 146 Å². The number of methoxy groups -OCH3 is 1. The van der Waals surface area contributed by atoms with Gasteiger partial charge in [-0.05, 0) is 43.7 Å². The van der Waals surface area contributed by atoms with Gasteiger partial charge in [0, 0.05) is 18.7 Å². The smallest absolute Gasteiger partial charge is 0.234 e. The third kappa shape index (κ3) is 2.31. The van der Waals surface area contributed by atoms with Gasteiger partial charge in [0.2, 0.25) is 11.8 Å². The Bertz CT molecular complexity index is 729. The van der Waals surface area contributed by atoms with E-state index in [-0.39, 0.29) is 29.6 Å². The van der Waals surface area contributed by atoms with Gasteiger partial charge < -0.3 is 4.74 Å². The second-order valence-electron chi connectivity index (χ2n) is 7.13. The Balaban J connectivity index is 1.72. The fourth-order valence-electron chi connectivity index (χ4n) is 4.76. The molecule has 6 nitrogen and oxygen atoms in total. The molecule has 0 aromatic heterocycles. The SMILES string of the molecule is COc1ccc(C(=O)[C@@H]2[C@H]3C(=O)N(C)C(=O)[C@H]3[C@H]3CCCCN32)cc1. The molecule has 1 aromatic rings. The molecule has 132 valence electrons.